The number of hydrogen-bond donors (Lipinski definition) is 2. The molecular formula is C18H18O4. The van der Waals surface area contributed by atoms with Gasteiger partial charge >= 0.3 is 0 Å². The molecule has 1 heterocycles. The lowest BCUT2D eigenvalue weighted by molar-refractivity contribution is 0.201. The summed E-state index contributed by atoms with van der Waals surface area (Å²) < 4.78 is 10.9. The maximum Gasteiger partial charge on any atom is 0.137 e. The molecule has 2 aromatic carbocycles. The zero-order chi connectivity index (χ0) is 15.4. The monoisotopic (exact) mass is 298 g/mol. The van der Waals surface area contributed by atoms with Gasteiger partial charge in [0, 0.05) is 5.56 Å². The van der Waals surface area contributed by atoms with Crippen molar-refractivity contribution in [2.75, 3.05) is 13.2 Å². The van der Waals surface area contributed by atoms with Gasteiger partial charge in [-0.15, -0.1) is 0 Å². The number of fused-ring (bicyclic) bond motifs is 1. The summed E-state index contributed by atoms with van der Waals surface area (Å²) in [6, 6.07) is 13.1. The van der Waals surface area contributed by atoms with Crippen LogP contribution in [0.25, 0.3) is 11.0 Å². The van der Waals surface area contributed by atoms with E-state index < -0.39 is 0 Å². The number of rotatable bonds is 6. The molecule has 0 aliphatic carbocycles. The van der Waals surface area contributed by atoms with Crippen LogP contribution in [0, 0.1) is 0 Å². The molecule has 3 aromatic rings. The molecule has 0 unspecified atom stereocenters. The quantitative estimate of drug-likeness (QED) is 0.733. The number of aliphatic hydroxyl groups excluding tert-OH is 1. The zero-order valence-electron chi connectivity index (χ0n) is 12.2. The minimum absolute atomic E-state index is 0.00448. The van der Waals surface area contributed by atoms with Crippen molar-refractivity contribution in [1.29, 1.82) is 0 Å². The second-order valence-electron chi connectivity index (χ2n) is 5.13. The fraction of sp³-hybridized carbons (Fsp3) is 0.222. The fourth-order valence-corrected chi connectivity index (χ4v) is 2.55. The van der Waals surface area contributed by atoms with Gasteiger partial charge in [-0.2, -0.15) is 0 Å². The number of aryl methyl sites for hydroxylation is 2. The fourth-order valence-electron chi connectivity index (χ4n) is 2.55. The minimum atomic E-state index is 0.00448. The molecule has 2 N–H and O–H groups in total. The summed E-state index contributed by atoms with van der Waals surface area (Å²) in [5, 5.41) is 19.6. The number of aromatic hydroxyl groups is 1. The van der Waals surface area contributed by atoms with Crippen LogP contribution in [-0.2, 0) is 12.8 Å². The SMILES string of the molecule is OCCOc1cccc(CCc2coc3cccc(O)c23)c1. The molecule has 0 atom stereocenters. The van der Waals surface area contributed by atoms with Crippen molar-refractivity contribution in [3.05, 3.63) is 59.9 Å². The van der Waals surface area contributed by atoms with Crippen LogP contribution in [0.5, 0.6) is 11.5 Å². The lowest BCUT2D eigenvalue weighted by Gasteiger charge is -2.06. The van der Waals surface area contributed by atoms with E-state index in [0.717, 1.165) is 35.1 Å². The number of furan rings is 1. The number of ether oxygens (including phenoxy) is 1. The van der Waals surface area contributed by atoms with Crippen LogP contribution in [-0.4, -0.2) is 23.4 Å². The molecule has 114 valence electrons. The average Bonchev–Trinajstić information content (AvgIpc) is 2.96. The molecule has 0 aliphatic rings. The maximum atomic E-state index is 9.98. The van der Waals surface area contributed by atoms with Crippen LogP contribution >= 0.6 is 0 Å². The highest BCUT2D eigenvalue weighted by Gasteiger charge is 2.10. The summed E-state index contributed by atoms with van der Waals surface area (Å²) in [4.78, 5) is 0. The van der Waals surface area contributed by atoms with Gasteiger partial charge in [-0.05, 0) is 42.7 Å². The Morgan fingerprint density at radius 2 is 1.91 bits per heavy atom. The first-order valence-corrected chi connectivity index (χ1v) is 7.28. The Labute approximate surface area is 128 Å². The molecule has 22 heavy (non-hydrogen) atoms. The molecule has 4 nitrogen and oxygen atoms in total. The van der Waals surface area contributed by atoms with E-state index in [4.69, 9.17) is 14.3 Å². The first-order valence-electron chi connectivity index (χ1n) is 7.28. The molecule has 0 saturated carbocycles. The van der Waals surface area contributed by atoms with Gasteiger partial charge in [-0.25, -0.2) is 0 Å². The normalized spacial score (nSPS) is 11.0. The Bertz CT molecular complexity index is 761. The van der Waals surface area contributed by atoms with Gasteiger partial charge in [0.05, 0.1) is 18.3 Å². The number of phenols is 1. The smallest absolute Gasteiger partial charge is 0.137 e. The van der Waals surface area contributed by atoms with Gasteiger partial charge in [-0.1, -0.05) is 18.2 Å². The zero-order valence-corrected chi connectivity index (χ0v) is 12.2. The van der Waals surface area contributed by atoms with Crippen molar-refractivity contribution in [2.45, 2.75) is 12.8 Å². The molecule has 0 spiro atoms. The van der Waals surface area contributed by atoms with E-state index in [2.05, 4.69) is 0 Å². The first-order chi connectivity index (χ1) is 10.8. The van der Waals surface area contributed by atoms with E-state index in [-0.39, 0.29) is 12.4 Å². The molecule has 0 saturated heterocycles. The van der Waals surface area contributed by atoms with E-state index in [1.807, 2.05) is 30.3 Å². The Hall–Kier alpha value is -2.46. The lowest BCUT2D eigenvalue weighted by Crippen LogP contribution is -2.02. The van der Waals surface area contributed by atoms with Crippen LogP contribution < -0.4 is 4.74 Å². The molecule has 0 radical (unpaired) electrons. The highest BCUT2D eigenvalue weighted by molar-refractivity contribution is 5.87. The van der Waals surface area contributed by atoms with Crippen molar-refractivity contribution in [2.24, 2.45) is 0 Å². The second kappa shape index (κ2) is 6.54. The van der Waals surface area contributed by atoms with Gasteiger partial charge in [0.1, 0.15) is 23.7 Å². The summed E-state index contributed by atoms with van der Waals surface area (Å²) >= 11 is 0. The van der Waals surface area contributed by atoms with Crippen molar-refractivity contribution in [3.63, 3.8) is 0 Å². The van der Waals surface area contributed by atoms with E-state index >= 15 is 0 Å². The van der Waals surface area contributed by atoms with E-state index in [1.54, 1.807) is 18.4 Å². The second-order valence-corrected chi connectivity index (χ2v) is 5.13. The summed E-state index contributed by atoms with van der Waals surface area (Å²) in [6.07, 6.45) is 3.30. The molecular weight excluding hydrogens is 280 g/mol. The van der Waals surface area contributed by atoms with Crippen LogP contribution in [0.1, 0.15) is 11.1 Å². The molecule has 0 fully saturated rings. The summed E-state index contributed by atoms with van der Waals surface area (Å²) in [5.41, 5.74) is 2.84. The maximum absolute atomic E-state index is 9.98. The predicted molar refractivity (Wildman–Crippen MR) is 84.3 cm³/mol. The number of benzene rings is 2. The van der Waals surface area contributed by atoms with Crippen molar-refractivity contribution in [1.82, 2.24) is 0 Å². The highest BCUT2D eigenvalue weighted by atomic mass is 16.5. The lowest BCUT2D eigenvalue weighted by atomic mass is 10.0. The third-order valence-corrected chi connectivity index (χ3v) is 3.59. The van der Waals surface area contributed by atoms with Gasteiger partial charge in [0.25, 0.3) is 0 Å². The molecule has 3 rings (SSSR count). The van der Waals surface area contributed by atoms with E-state index in [1.165, 1.54) is 0 Å². The van der Waals surface area contributed by atoms with Crippen LogP contribution in [0.2, 0.25) is 0 Å². The first kappa shape index (κ1) is 14.5. The number of aliphatic hydroxyl groups is 1. The Balaban J connectivity index is 1.74. The van der Waals surface area contributed by atoms with Crippen molar-refractivity contribution >= 4 is 11.0 Å². The molecule has 0 aliphatic heterocycles. The highest BCUT2D eigenvalue weighted by Crippen LogP contribution is 2.30. The topological polar surface area (TPSA) is 62.8 Å². The predicted octanol–water partition coefficient (Wildman–Crippen LogP) is 3.29. The Kier molecular flexibility index (Phi) is 4.30. The van der Waals surface area contributed by atoms with E-state index in [9.17, 15) is 5.11 Å². The summed E-state index contributed by atoms with van der Waals surface area (Å²) in [6.45, 7) is 0.300. The summed E-state index contributed by atoms with van der Waals surface area (Å²) in [7, 11) is 0. The van der Waals surface area contributed by atoms with Gasteiger partial charge in [0.15, 0.2) is 0 Å². The largest absolute Gasteiger partial charge is 0.507 e. The van der Waals surface area contributed by atoms with Gasteiger partial charge in [0.2, 0.25) is 0 Å². The standard InChI is InChI=1S/C18H18O4/c19-9-10-21-15-4-1-3-13(11-15)7-8-14-12-22-17-6-2-5-16(20)18(14)17/h1-6,11-12,19-20H,7-10H2. The number of phenolic OH excluding ortho intramolecular Hbond substituents is 1. The van der Waals surface area contributed by atoms with Crippen LogP contribution in [0.4, 0.5) is 0 Å². The van der Waals surface area contributed by atoms with Crippen LogP contribution in [0.3, 0.4) is 0 Å². The molecule has 4 heteroatoms. The molecule has 0 amide bonds. The number of hydrogen-bond acceptors (Lipinski definition) is 4. The van der Waals surface area contributed by atoms with Gasteiger partial charge < -0.3 is 19.4 Å². The average molecular weight is 298 g/mol. The molecule has 1 aromatic heterocycles. The van der Waals surface area contributed by atoms with Crippen molar-refractivity contribution in [3.8, 4) is 11.5 Å². The Morgan fingerprint density at radius 3 is 2.77 bits per heavy atom. The summed E-state index contributed by atoms with van der Waals surface area (Å²) in [5.74, 6) is 1.01. The third-order valence-electron chi connectivity index (χ3n) is 3.59. The van der Waals surface area contributed by atoms with Gasteiger partial charge in [-0.3, -0.25) is 0 Å². The Morgan fingerprint density at radius 1 is 1.05 bits per heavy atom. The van der Waals surface area contributed by atoms with E-state index in [0.29, 0.717) is 12.2 Å². The van der Waals surface area contributed by atoms with Crippen molar-refractivity contribution < 1.29 is 19.4 Å². The van der Waals surface area contributed by atoms with Crippen LogP contribution in [0.15, 0.2) is 53.1 Å². The third kappa shape index (κ3) is 3.07. The minimum Gasteiger partial charge on any atom is -0.507 e. The molecule has 0 bridgehead atoms.